The van der Waals surface area contributed by atoms with Crippen LogP contribution in [-0.2, 0) is 23.0 Å². The van der Waals surface area contributed by atoms with Gasteiger partial charge in [-0.1, -0.05) is 0 Å². The third-order valence-corrected chi connectivity index (χ3v) is 5.80. The van der Waals surface area contributed by atoms with E-state index in [1.54, 1.807) is 14.0 Å². The van der Waals surface area contributed by atoms with Crippen LogP contribution >= 0.6 is 0 Å². The fraction of sp³-hybridized carbons (Fsp3) is 0.556. The van der Waals surface area contributed by atoms with Gasteiger partial charge in [-0.2, -0.15) is 0 Å². The van der Waals surface area contributed by atoms with Gasteiger partial charge in [0.2, 0.25) is 5.78 Å². The number of halogens is 1. The lowest BCUT2D eigenvalue weighted by Crippen LogP contribution is -2.43. The third kappa shape index (κ3) is 3.18. The van der Waals surface area contributed by atoms with E-state index in [0.717, 1.165) is 0 Å². The molecule has 4 rings (SSSR count). The van der Waals surface area contributed by atoms with Crippen molar-refractivity contribution in [3.05, 3.63) is 28.1 Å². The van der Waals surface area contributed by atoms with E-state index in [4.69, 9.17) is 15.6 Å². The quantitative estimate of drug-likeness (QED) is 0.268. The molecule has 1 aliphatic heterocycles. The molecule has 0 spiro atoms. The van der Waals surface area contributed by atoms with Crippen LogP contribution in [0.2, 0.25) is 0 Å². The van der Waals surface area contributed by atoms with E-state index in [2.05, 4.69) is 9.97 Å². The molecule has 32 heavy (non-hydrogen) atoms. The predicted molar refractivity (Wildman–Crippen MR) is 106 cm³/mol. The van der Waals surface area contributed by atoms with Crippen molar-refractivity contribution in [2.75, 3.05) is 6.61 Å². The number of aliphatic hydroxyl groups excluding tert-OH is 3. The highest BCUT2D eigenvalue weighted by molar-refractivity contribution is 5.74. The van der Waals surface area contributed by atoms with Crippen LogP contribution in [0.1, 0.15) is 17.6 Å². The van der Waals surface area contributed by atoms with E-state index >= 15 is 0 Å². The van der Waals surface area contributed by atoms with Crippen LogP contribution < -0.4 is 11.3 Å². The standard InChI is InChI=1S/C18H23FN6O7/c1-6-7(3-8(27)11(20)17(30)31)25-15(29)12-14(23(2)18(25)22-6)24(5-21-12)16-10(19)13(28)9(4-26)32-16/h5,8-11,13,16,26-28H,3-4,20H2,1-2H3,(H,30,31)/t8?,9-,10+,11?,13?,16-/m1/s1. The predicted octanol–water partition coefficient (Wildman–Crippen LogP) is -2.40. The van der Waals surface area contributed by atoms with Crippen molar-refractivity contribution in [1.29, 1.82) is 0 Å². The van der Waals surface area contributed by atoms with E-state index in [-0.39, 0.29) is 29.1 Å². The van der Waals surface area contributed by atoms with E-state index in [1.165, 1.54) is 19.9 Å². The number of nitrogens with two attached hydrogens (primary N) is 1. The summed E-state index contributed by atoms with van der Waals surface area (Å²) in [5.41, 5.74) is 5.60. The molecule has 6 N–H and O–H groups in total. The first-order valence-electron chi connectivity index (χ1n) is 9.76. The highest BCUT2D eigenvalue weighted by Gasteiger charge is 2.45. The maximum Gasteiger partial charge on any atom is 0.323 e. The second-order valence-electron chi connectivity index (χ2n) is 7.79. The van der Waals surface area contributed by atoms with Crippen molar-refractivity contribution in [3.8, 4) is 0 Å². The zero-order valence-electron chi connectivity index (χ0n) is 17.2. The van der Waals surface area contributed by atoms with Crippen molar-refractivity contribution >= 4 is 22.9 Å². The lowest BCUT2D eigenvalue weighted by molar-refractivity contribution is -0.141. The number of hydrogen-bond acceptors (Lipinski definition) is 9. The number of ether oxygens (including phenoxy) is 1. The molecule has 0 aromatic carbocycles. The number of aryl methyl sites for hydroxylation is 2. The smallest absolute Gasteiger partial charge is 0.323 e. The molecule has 0 radical (unpaired) electrons. The van der Waals surface area contributed by atoms with Crippen LogP contribution in [0.3, 0.4) is 0 Å². The monoisotopic (exact) mass is 454 g/mol. The minimum atomic E-state index is -1.87. The molecule has 3 unspecified atom stereocenters. The Morgan fingerprint density at radius 2 is 2.12 bits per heavy atom. The number of fused-ring (bicyclic) bond motifs is 2. The topological polar surface area (TPSA) is 190 Å². The maximum absolute atomic E-state index is 14.7. The molecule has 0 saturated carbocycles. The minimum absolute atomic E-state index is 0.0617. The number of rotatable bonds is 6. The van der Waals surface area contributed by atoms with Gasteiger partial charge in [0.25, 0.3) is 5.56 Å². The number of alkyl halides is 1. The molecule has 14 heteroatoms. The first-order chi connectivity index (χ1) is 15.1. The molecule has 6 atom stereocenters. The summed E-state index contributed by atoms with van der Waals surface area (Å²) in [4.78, 5) is 32.8. The van der Waals surface area contributed by atoms with Gasteiger partial charge in [-0.05, 0) is 6.92 Å². The fourth-order valence-electron chi connectivity index (χ4n) is 4.02. The molecule has 0 amide bonds. The SMILES string of the molecule is Cc1nc2n(C)c3c(ncn3[C@@H]3O[C@H](CO)C(O)[C@@H]3F)c(=O)n2c1CC(O)C(N)C(=O)O. The zero-order chi connectivity index (χ0) is 23.5. The Kier molecular flexibility index (Phi) is 5.50. The summed E-state index contributed by atoms with van der Waals surface area (Å²) < 4.78 is 24.0. The molecular formula is C18H23FN6O7. The van der Waals surface area contributed by atoms with Gasteiger partial charge in [0, 0.05) is 13.5 Å². The number of carboxylic acid groups (broad SMARTS) is 1. The Morgan fingerprint density at radius 1 is 1.44 bits per heavy atom. The van der Waals surface area contributed by atoms with Crippen LogP contribution in [0.25, 0.3) is 16.9 Å². The summed E-state index contributed by atoms with van der Waals surface area (Å²) >= 11 is 0. The molecule has 13 nitrogen and oxygen atoms in total. The molecule has 3 aromatic rings. The lowest BCUT2D eigenvalue weighted by atomic mass is 10.1. The van der Waals surface area contributed by atoms with E-state index in [0.29, 0.717) is 5.69 Å². The molecule has 0 aliphatic carbocycles. The number of aliphatic hydroxyl groups is 3. The molecule has 174 valence electrons. The Morgan fingerprint density at radius 3 is 2.72 bits per heavy atom. The average Bonchev–Trinajstić information content (AvgIpc) is 3.41. The van der Waals surface area contributed by atoms with Gasteiger partial charge in [-0.15, -0.1) is 0 Å². The second kappa shape index (κ2) is 7.90. The van der Waals surface area contributed by atoms with Gasteiger partial charge in [0.1, 0.15) is 18.2 Å². The van der Waals surface area contributed by atoms with Gasteiger partial charge in [-0.3, -0.25) is 18.7 Å². The van der Waals surface area contributed by atoms with E-state index in [1.807, 2.05) is 0 Å². The Bertz CT molecular complexity index is 1250. The van der Waals surface area contributed by atoms with Gasteiger partial charge >= 0.3 is 5.97 Å². The lowest BCUT2D eigenvalue weighted by Gasteiger charge is -2.17. The summed E-state index contributed by atoms with van der Waals surface area (Å²) in [6.07, 6.45) is -6.41. The maximum atomic E-state index is 14.7. The number of aromatic nitrogens is 5. The first-order valence-corrected chi connectivity index (χ1v) is 9.76. The van der Waals surface area contributed by atoms with E-state index < -0.39 is 54.9 Å². The highest BCUT2D eigenvalue weighted by Crippen LogP contribution is 2.33. The number of nitrogens with zero attached hydrogens (tertiary/aromatic N) is 5. The summed E-state index contributed by atoms with van der Waals surface area (Å²) in [6, 6.07) is -1.56. The van der Waals surface area contributed by atoms with Crippen LogP contribution in [0.4, 0.5) is 4.39 Å². The zero-order valence-corrected chi connectivity index (χ0v) is 17.2. The van der Waals surface area contributed by atoms with Gasteiger partial charge in [0.15, 0.2) is 23.6 Å². The van der Waals surface area contributed by atoms with Crippen LogP contribution in [0.15, 0.2) is 11.1 Å². The van der Waals surface area contributed by atoms with Gasteiger partial charge < -0.3 is 30.9 Å². The van der Waals surface area contributed by atoms with Crippen molar-refractivity contribution in [3.63, 3.8) is 0 Å². The number of carbonyl (C=O) groups is 1. The normalized spacial score (nSPS) is 25.6. The third-order valence-electron chi connectivity index (χ3n) is 5.80. The molecule has 3 aromatic heterocycles. The fourth-order valence-corrected chi connectivity index (χ4v) is 4.02. The number of carboxylic acids is 1. The largest absolute Gasteiger partial charge is 0.480 e. The highest BCUT2D eigenvalue weighted by atomic mass is 19.1. The molecule has 1 aliphatic rings. The van der Waals surface area contributed by atoms with E-state index in [9.17, 15) is 29.3 Å². The van der Waals surface area contributed by atoms with Gasteiger partial charge in [0.05, 0.1) is 30.4 Å². The average molecular weight is 454 g/mol. The van der Waals surface area contributed by atoms with Crippen LogP contribution in [0, 0.1) is 6.92 Å². The Balaban J connectivity index is 1.86. The Labute approximate surface area is 179 Å². The van der Waals surface area contributed by atoms with Crippen molar-refractivity contribution < 1.29 is 34.3 Å². The van der Waals surface area contributed by atoms with Gasteiger partial charge in [-0.25, -0.2) is 18.8 Å². The number of hydrogen-bond donors (Lipinski definition) is 5. The molecular weight excluding hydrogens is 431 g/mol. The number of imidazole rings is 2. The van der Waals surface area contributed by atoms with Crippen molar-refractivity contribution in [2.45, 2.75) is 50.1 Å². The molecule has 4 heterocycles. The van der Waals surface area contributed by atoms with Crippen molar-refractivity contribution in [2.24, 2.45) is 12.8 Å². The minimum Gasteiger partial charge on any atom is -0.480 e. The summed E-state index contributed by atoms with van der Waals surface area (Å²) in [5, 5.41) is 38.5. The molecule has 1 saturated heterocycles. The summed E-state index contributed by atoms with van der Waals surface area (Å²) in [7, 11) is 1.56. The second-order valence-corrected chi connectivity index (χ2v) is 7.79. The Hall–Kier alpha value is -2.91. The van der Waals surface area contributed by atoms with Crippen molar-refractivity contribution in [1.82, 2.24) is 23.5 Å². The molecule has 1 fully saturated rings. The van der Waals surface area contributed by atoms with Crippen LogP contribution in [0.5, 0.6) is 0 Å². The van der Waals surface area contributed by atoms with Crippen LogP contribution in [-0.4, -0.2) is 87.0 Å². The first kappa shape index (κ1) is 22.3. The summed E-state index contributed by atoms with van der Waals surface area (Å²) in [5.74, 6) is -1.25. The summed E-state index contributed by atoms with van der Waals surface area (Å²) in [6.45, 7) is 1.00. The number of aliphatic carboxylic acids is 1. The molecule has 0 bridgehead atoms.